The van der Waals surface area contributed by atoms with Crippen LogP contribution in [-0.4, -0.2) is 54.2 Å². The third-order valence-electron chi connectivity index (χ3n) is 5.07. The SMILES string of the molecule is CCC(=O)N1CCN(CC(=O)c2ccc3c(c2)CCCC3)CC1. The second kappa shape index (κ2) is 7.26. The highest BCUT2D eigenvalue weighted by atomic mass is 16.2. The van der Waals surface area contributed by atoms with Gasteiger partial charge in [0.15, 0.2) is 5.78 Å². The number of benzene rings is 1. The molecule has 0 N–H and O–H groups in total. The van der Waals surface area contributed by atoms with Crippen LogP contribution in [0.3, 0.4) is 0 Å². The first-order chi connectivity index (χ1) is 11.2. The van der Waals surface area contributed by atoms with Crippen molar-refractivity contribution in [3.63, 3.8) is 0 Å². The fourth-order valence-electron chi connectivity index (χ4n) is 3.58. The van der Waals surface area contributed by atoms with Crippen LogP contribution < -0.4 is 0 Å². The van der Waals surface area contributed by atoms with Crippen LogP contribution in [0.1, 0.15) is 47.7 Å². The number of carbonyl (C=O) groups excluding carboxylic acids is 2. The molecule has 1 aliphatic heterocycles. The summed E-state index contributed by atoms with van der Waals surface area (Å²) in [6.07, 6.45) is 5.32. The molecule has 0 unspecified atom stereocenters. The smallest absolute Gasteiger partial charge is 0.222 e. The molecular weight excluding hydrogens is 288 g/mol. The number of hydrogen-bond donors (Lipinski definition) is 0. The number of ketones is 1. The van der Waals surface area contributed by atoms with Gasteiger partial charge in [-0.05, 0) is 42.9 Å². The molecular formula is C19H26N2O2. The largest absolute Gasteiger partial charge is 0.340 e. The number of Topliss-reactive ketones (excluding diaryl/α,β-unsaturated/α-hetero) is 1. The molecule has 3 rings (SSSR count). The molecule has 4 nitrogen and oxygen atoms in total. The Morgan fingerprint density at radius 2 is 1.70 bits per heavy atom. The molecule has 4 heteroatoms. The standard InChI is InChI=1S/C19H26N2O2/c1-2-19(23)21-11-9-20(10-12-21)14-18(22)17-8-7-15-5-3-4-6-16(15)13-17/h7-8,13H,2-6,9-12,14H2,1H3. The first-order valence-corrected chi connectivity index (χ1v) is 8.82. The number of carbonyl (C=O) groups is 2. The molecule has 0 radical (unpaired) electrons. The fourth-order valence-corrected chi connectivity index (χ4v) is 3.58. The van der Waals surface area contributed by atoms with E-state index in [1.165, 1.54) is 24.0 Å². The predicted octanol–water partition coefficient (Wildman–Crippen LogP) is 2.30. The number of aryl methyl sites for hydroxylation is 2. The Bertz CT molecular complexity index is 589. The van der Waals surface area contributed by atoms with E-state index in [4.69, 9.17) is 0 Å². The van der Waals surface area contributed by atoms with Crippen LogP contribution in [0.15, 0.2) is 18.2 Å². The zero-order valence-electron chi connectivity index (χ0n) is 14.0. The lowest BCUT2D eigenvalue weighted by atomic mass is 9.90. The molecule has 23 heavy (non-hydrogen) atoms. The van der Waals surface area contributed by atoms with Gasteiger partial charge in [0.2, 0.25) is 5.91 Å². The highest BCUT2D eigenvalue weighted by Gasteiger charge is 2.22. The van der Waals surface area contributed by atoms with Gasteiger partial charge in [-0.15, -0.1) is 0 Å². The molecule has 2 aliphatic rings. The van der Waals surface area contributed by atoms with Gasteiger partial charge >= 0.3 is 0 Å². The molecule has 1 aromatic carbocycles. The van der Waals surface area contributed by atoms with Crippen LogP contribution in [0.2, 0.25) is 0 Å². The van der Waals surface area contributed by atoms with Crippen molar-refractivity contribution < 1.29 is 9.59 Å². The van der Waals surface area contributed by atoms with Gasteiger partial charge in [-0.1, -0.05) is 19.1 Å². The van der Waals surface area contributed by atoms with E-state index in [0.29, 0.717) is 13.0 Å². The topological polar surface area (TPSA) is 40.6 Å². The molecule has 1 heterocycles. The van der Waals surface area contributed by atoms with E-state index >= 15 is 0 Å². The quantitative estimate of drug-likeness (QED) is 0.801. The van der Waals surface area contributed by atoms with Crippen LogP contribution in [0.5, 0.6) is 0 Å². The summed E-state index contributed by atoms with van der Waals surface area (Å²) < 4.78 is 0. The van der Waals surface area contributed by atoms with E-state index in [1.54, 1.807) is 0 Å². The zero-order chi connectivity index (χ0) is 16.2. The van der Waals surface area contributed by atoms with Crippen molar-refractivity contribution in [2.24, 2.45) is 0 Å². The predicted molar refractivity (Wildman–Crippen MR) is 90.7 cm³/mol. The van der Waals surface area contributed by atoms with Crippen molar-refractivity contribution in [1.29, 1.82) is 0 Å². The van der Waals surface area contributed by atoms with Crippen molar-refractivity contribution in [2.75, 3.05) is 32.7 Å². The summed E-state index contributed by atoms with van der Waals surface area (Å²) in [7, 11) is 0. The van der Waals surface area contributed by atoms with Crippen LogP contribution in [0.4, 0.5) is 0 Å². The van der Waals surface area contributed by atoms with Gasteiger partial charge in [0, 0.05) is 38.2 Å². The highest BCUT2D eigenvalue weighted by molar-refractivity contribution is 5.97. The number of nitrogens with zero attached hydrogens (tertiary/aromatic N) is 2. The maximum absolute atomic E-state index is 12.5. The normalized spacial score (nSPS) is 18.6. The monoisotopic (exact) mass is 314 g/mol. The van der Waals surface area contributed by atoms with Crippen molar-refractivity contribution in [3.05, 3.63) is 34.9 Å². The zero-order valence-corrected chi connectivity index (χ0v) is 14.0. The molecule has 124 valence electrons. The summed E-state index contributed by atoms with van der Waals surface area (Å²) in [4.78, 5) is 28.3. The number of amides is 1. The molecule has 1 saturated heterocycles. The number of rotatable bonds is 4. The molecule has 1 fully saturated rings. The van der Waals surface area contributed by atoms with Crippen LogP contribution >= 0.6 is 0 Å². The van der Waals surface area contributed by atoms with Crippen LogP contribution in [0.25, 0.3) is 0 Å². The maximum Gasteiger partial charge on any atom is 0.222 e. The highest BCUT2D eigenvalue weighted by Crippen LogP contribution is 2.22. The van der Waals surface area contributed by atoms with E-state index in [1.807, 2.05) is 17.9 Å². The van der Waals surface area contributed by atoms with Gasteiger partial charge < -0.3 is 4.90 Å². The third-order valence-corrected chi connectivity index (χ3v) is 5.07. The first-order valence-electron chi connectivity index (χ1n) is 8.82. The second-order valence-electron chi connectivity index (χ2n) is 6.62. The summed E-state index contributed by atoms with van der Waals surface area (Å²) in [6, 6.07) is 6.23. The van der Waals surface area contributed by atoms with Gasteiger partial charge in [-0.2, -0.15) is 0 Å². The van der Waals surface area contributed by atoms with Crippen molar-refractivity contribution in [1.82, 2.24) is 9.80 Å². The number of fused-ring (bicyclic) bond motifs is 1. The first kappa shape index (κ1) is 16.2. The van der Waals surface area contributed by atoms with Crippen molar-refractivity contribution in [2.45, 2.75) is 39.0 Å². The Hall–Kier alpha value is -1.68. The minimum Gasteiger partial charge on any atom is -0.340 e. The minimum atomic E-state index is 0.202. The molecule has 0 saturated carbocycles. The van der Waals surface area contributed by atoms with Gasteiger partial charge in [0.05, 0.1) is 6.54 Å². The van der Waals surface area contributed by atoms with E-state index < -0.39 is 0 Å². The lowest BCUT2D eigenvalue weighted by Crippen LogP contribution is -2.49. The number of piperazine rings is 1. The minimum absolute atomic E-state index is 0.202. The van der Waals surface area contributed by atoms with Crippen LogP contribution in [-0.2, 0) is 17.6 Å². The molecule has 0 spiro atoms. The fraction of sp³-hybridized carbons (Fsp3) is 0.579. The Labute approximate surface area is 138 Å². The second-order valence-corrected chi connectivity index (χ2v) is 6.62. The Balaban J connectivity index is 1.57. The molecule has 1 aromatic rings. The molecule has 0 atom stereocenters. The Kier molecular flexibility index (Phi) is 5.11. The van der Waals surface area contributed by atoms with Crippen molar-refractivity contribution in [3.8, 4) is 0 Å². The van der Waals surface area contributed by atoms with Gasteiger partial charge in [0.1, 0.15) is 0 Å². The van der Waals surface area contributed by atoms with E-state index in [2.05, 4.69) is 17.0 Å². The van der Waals surface area contributed by atoms with E-state index in [9.17, 15) is 9.59 Å². The number of hydrogen-bond acceptors (Lipinski definition) is 3. The molecule has 1 amide bonds. The summed E-state index contributed by atoms with van der Waals surface area (Å²) >= 11 is 0. The summed E-state index contributed by atoms with van der Waals surface area (Å²) in [5.41, 5.74) is 3.62. The third kappa shape index (κ3) is 3.81. The maximum atomic E-state index is 12.5. The molecule has 0 bridgehead atoms. The summed E-state index contributed by atoms with van der Waals surface area (Å²) in [5, 5.41) is 0. The lowest BCUT2D eigenvalue weighted by Gasteiger charge is -2.34. The Morgan fingerprint density at radius 3 is 2.39 bits per heavy atom. The molecule has 1 aliphatic carbocycles. The van der Waals surface area contributed by atoms with E-state index in [0.717, 1.165) is 44.6 Å². The Morgan fingerprint density at radius 1 is 1.00 bits per heavy atom. The summed E-state index contributed by atoms with van der Waals surface area (Å²) in [5.74, 6) is 0.416. The average Bonchev–Trinajstić information content (AvgIpc) is 2.61. The van der Waals surface area contributed by atoms with Crippen LogP contribution in [0, 0.1) is 0 Å². The molecule has 0 aromatic heterocycles. The van der Waals surface area contributed by atoms with E-state index in [-0.39, 0.29) is 11.7 Å². The lowest BCUT2D eigenvalue weighted by molar-refractivity contribution is -0.132. The van der Waals surface area contributed by atoms with Gasteiger partial charge in [0.25, 0.3) is 0 Å². The van der Waals surface area contributed by atoms with Gasteiger partial charge in [-0.3, -0.25) is 14.5 Å². The summed E-state index contributed by atoms with van der Waals surface area (Å²) in [6.45, 7) is 5.43. The van der Waals surface area contributed by atoms with Gasteiger partial charge in [-0.25, -0.2) is 0 Å². The van der Waals surface area contributed by atoms with Crippen molar-refractivity contribution >= 4 is 11.7 Å². The average molecular weight is 314 g/mol.